The summed E-state index contributed by atoms with van der Waals surface area (Å²) < 4.78 is 13.6. The van der Waals surface area contributed by atoms with E-state index >= 15 is 0 Å². The Morgan fingerprint density at radius 1 is 1.22 bits per heavy atom. The number of hydrogen-bond acceptors (Lipinski definition) is 4. The van der Waals surface area contributed by atoms with Crippen LogP contribution in [0.5, 0.6) is 11.5 Å². The largest absolute Gasteiger partial charge is 0.497 e. The summed E-state index contributed by atoms with van der Waals surface area (Å²) >= 11 is 1.50. The Kier molecular flexibility index (Phi) is 5.76. The van der Waals surface area contributed by atoms with E-state index in [1.807, 2.05) is 4.57 Å². The van der Waals surface area contributed by atoms with Crippen LogP contribution in [0, 0.1) is 0 Å². The molecule has 3 aromatic rings. The molecule has 0 spiro atoms. The molecule has 0 unspecified atom stereocenters. The number of amides is 1. The fourth-order valence-electron chi connectivity index (χ4n) is 2.85. The van der Waals surface area contributed by atoms with Crippen molar-refractivity contribution in [2.75, 3.05) is 14.2 Å². The van der Waals surface area contributed by atoms with Crippen LogP contribution in [0.15, 0.2) is 54.0 Å². The highest BCUT2D eigenvalue weighted by Crippen LogP contribution is 2.25. The predicted octanol–water partition coefficient (Wildman–Crippen LogP) is 4.21. The van der Waals surface area contributed by atoms with Gasteiger partial charge in [-0.3, -0.25) is 4.79 Å². The molecular weight excluding hydrogens is 360 g/mol. The van der Waals surface area contributed by atoms with Crippen LogP contribution in [-0.4, -0.2) is 24.7 Å². The van der Waals surface area contributed by atoms with Crippen molar-refractivity contribution in [3.05, 3.63) is 65.0 Å². The molecule has 1 heterocycles. The molecule has 0 aliphatic heterocycles. The topological polar surface area (TPSA) is 52.8 Å². The first kappa shape index (κ1) is 18.9. The van der Waals surface area contributed by atoms with E-state index in [2.05, 4.69) is 36.7 Å². The number of fused-ring (bicyclic) bond motifs is 1. The van der Waals surface area contributed by atoms with E-state index < -0.39 is 0 Å². The fraction of sp³-hybridized carbons (Fsp3) is 0.238. The number of ether oxygens (including phenoxy) is 2. The van der Waals surface area contributed by atoms with Gasteiger partial charge in [0, 0.05) is 12.6 Å². The minimum Gasteiger partial charge on any atom is -0.497 e. The van der Waals surface area contributed by atoms with Crippen LogP contribution in [0.2, 0.25) is 0 Å². The van der Waals surface area contributed by atoms with Gasteiger partial charge in [-0.05, 0) is 36.2 Å². The Hall–Kier alpha value is -2.86. The second kappa shape index (κ2) is 8.22. The molecule has 0 atom stereocenters. The molecule has 0 aliphatic rings. The quantitative estimate of drug-likeness (QED) is 0.600. The Morgan fingerprint density at radius 2 is 2.04 bits per heavy atom. The van der Waals surface area contributed by atoms with Gasteiger partial charge in [0.1, 0.15) is 11.5 Å². The van der Waals surface area contributed by atoms with Gasteiger partial charge in [0.15, 0.2) is 4.80 Å². The lowest BCUT2D eigenvalue weighted by Gasteiger charge is -2.07. The van der Waals surface area contributed by atoms with Crippen molar-refractivity contribution in [3.8, 4) is 11.5 Å². The van der Waals surface area contributed by atoms with Crippen LogP contribution in [0.4, 0.5) is 0 Å². The molecule has 0 radical (unpaired) electrons. The third-order valence-electron chi connectivity index (χ3n) is 4.30. The number of thiazole rings is 1. The van der Waals surface area contributed by atoms with Crippen LogP contribution < -0.4 is 14.3 Å². The number of carbonyl (C=O) groups is 1. The van der Waals surface area contributed by atoms with Gasteiger partial charge in [-0.25, -0.2) is 0 Å². The molecule has 0 fully saturated rings. The zero-order chi connectivity index (χ0) is 19.4. The number of carbonyl (C=O) groups excluding carboxylic acids is 1. The molecular formula is C21H22N2O3S. The van der Waals surface area contributed by atoms with E-state index in [4.69, 9.17) is 9.47 Å². The lowest BCUT2D eigenvalue weighted by molar-refractivity contribution is 0.0995. The highest BCUT2D eigenvalue weighted by Gasteiger charge is 2.14. The normalized spacial score (nSPS) is 11.6. The zero-order valence-corrected chi connectivity index (χ0v) is 16.5. The molecule has 1 amide bonds. The Labute approximate surface area is 162 Å². The van der Waals surface area contributed by atoms with E-state index in [9.17, 15) is 4.79 Å². The smallest absolute Gasteiger partial charge is 0.283 e. The van der Waals surface area contributed by atoms with Crippen molar-refractivity contribution in [3.63, 3.8) is 0 Å². The summed E-state index contributed by atoms with van der Waals surface area (Å²) in [6.45, 7) is 6.53. The van der Waals surface area contributed by atoms with Crippen LogP contribution >= 0.6 is 11.3 Å². The van der Waals surface area contributed by atoms with Gasteiger partial charge in [0.2, 0.25) is 0 Å². The Morgan fingerprint density at radius 3 is 2.70 bits per heavy atom. The monoisotopic (exact) mass is 382 g/mol. The van der Waals surface area contributed by atoms with Crippen molar-refractivity contribution >= 4 is 27.5 Å². The van der Waals surface area contributed by atoms with Crippen molar-refractivity contribution in [2.24, 2.45) is 4.99 Å². The maximum absolute atomic E-state index is 12.8. The Balaban J connectivity index is 2.13. The standard InChI is InChI=1S/C21H22N2O3S/c1-5-11-23-17-10-7-14(6-2)12-19(17)27-21(23)22-20(24)16-9-8-15(25-3)13-18(16)26-4/h5,7-10,12-13H,1,6,11H2,2-4H3. The summed E-state index contributed by atoms with van der Waals surface area (Å²) in [6, 6.07) is 11.4. The molecule has 0 bridgehead atoms. The molecule has 6 heteroatoms. The van der Waals surface area contributed by atoms with E-state index in [1.54, 1.807) is 31.4 Å². The first-order valence-electron chi connectivity index (χ1n) is 8.65. The van der Waals surface area contributed by atoms with E-state index in [1.165, 1.54) is 24.0 Å². The maximum atomic E-state index is 12.8. The second-order valence-electron chi connectivity index (χ2n) is 5.92. The molecule has 1 aromatic heterocycles. The molecule has 0 N–H and O–H groups in total. The van der Waals surface area contributed by atoms with Gasteiger partial charge in [-0.1, -0.05) is 30.4 Å². The predicted molar refractivity (Wildman–Crippen MR) is 109 cm³/mol. The molecule has 140 valence electrons. The minimum atomic E-state index is -0.352. The first-order chi connectivity index (χ1) is 13.1. The van der Waals surface area contributed by atoms with Gasteiger partial charge in [-0.2, -0.15) is 4.99 Å². The van der Waals surface area contributed by atoms with Crippen molar-refractivity contribution in [1.29, 1.82) is 0 Å². The number of aryl methyl sites for hydroxylation is 1. The number of nitrogens with zero attached hydrogens (tertiary/aromatic N) is 2. The Bertz CT molecular complexity index is 1060. The van der Waals surface area contributed by atoms with Gasteiger partial charge in [-0.15, -0.1) is 6.58 Å². The molecule has 3 rings (SSSR count). The summed E-state index contributed by atoms with van der Waals surface area (Å²) in [5.41, 5.74) is 2.70. The van der Waals surface area contributed by atoms with Crippen molar-refractivity contribution in [2.45, 2.75) is 19.9 Å². The summed E-state index contributed by atoms with van der Waals surface area (Å²) in [5, 5.41) is 0. The molecule has 5 nitrogen and oxygen atoms in total. The highest BCUT2D eigenvalue weighted by molar-refractivity contribution is 7.16. The zero-order valence-electron chi connectivity index (χ0n) is 15.7. The van der Waals surface area contributed by atoms with Crippen molar-refractivity contribution < 1.29 is 14.3 Å². The summed E-state index contributed by atoms with van der Waals surface area (Å²) in [4.78, 5) is 17.8. The average molecular weight is 382 g/mol. The SMILES string of the molecule is C=CCn1c(=NC(=O)c2ccc(OC)cc2OC)sc2cc(CC)ccc21. The number of aromatic nitrogens is 1. The second-order valence-corrected chi connectivity index (χ2v) is 6.93. The third-order valence-corrected chi connectivity index (χ3v) is 5.34. The van der Waals surface area contributed by atoms with Crippen LogP contribution in [0.1, 0.15) is 22.8 Å². The number of methoxy groups -OCH3 is 2. The highest BCUT2D eigenvalue weighted by atomic mass is 32.1. The van der Waals surface area contributed by atoms with E-state index in [0.717, 1.165) is 16.6 Å². The van der Waals surface area contributed by atoms with E-state index in [-0.39, 0.29) is 5.91 Å². The lowest BCUT2D eigenvalue weighted by atomic mass is 10.2. The molecule has 0 saturated heterocycles. The van der Waals surface area contributed by atoms with Crippen LogP contribution in [0.25, 0.3) is 10.2 Å². The molecule has 2 aromatic carbocycles. The number of allylic oxidation sites excluding steroid dienone is 1. The summed E-state index contributed by atoms with van der Waals surface area (Å²) in [5.74, 6) is 0.710. The average Bonchev–Trinajstić information content (AvgIpc) is 3.03. The maximum Gasteiger partial charge on any atom is 0.283 e. The summed E-state index contributed by atoms with van der Waals surface area (Å²) in [6.07, 6.45) is 2.76. The van der Waals surface area contributed by atoms with Gasteiger partial charge in [0.05, 0.1) is 30.0 Å². The number of rotatable bonds is 6. The molecule has 0 aliphatic carbocycles. The van der Waals surface area contributed by atoms with Crippen molar-refractivity contribution in [1.82, 2.24) is 4.57 Å². The molecule has 27 heavy (non-hydrogen) atoms. The van der Waals surface area contributed by atoms with Crippen LogP contribution in [-0.2, 0) is 13.0 Å². The fourth-order valence-corrected chi connectivity index (χ4v) is 3.95. The number of hydrogen-bond donors (Lipinski definition) is 0. The summed E-state index contributed by atoms with van der Waals surface area (Å²) in [7, 11) is 3.09. The number of benzene rings is 2. The third kappa shape index (κ3) is 3.80. The molecule has 0 saturated carbocycles. The van der Waals surface area contributed by atoms with Gasteiger partial charge >= 0.3 is 0 Å². The minimum absolute atomic E-state index is 0.352. The van der Waals surface area contributed by atoms with Crippen LogP contribution in [0.3, 0.4) is 0 Å². The first-order valence-corrected chi connectivity index (χ1v) is 9.47. The lowest BCUT2D eigenvalue weighted by Crippen LogP contribution is -2.16. The van der Waals surface area contributed by atoms with Gasteiger partial charge in [0.25, 0.3) is 5.91 Å². The van der Waals surface area contributed by atoms with Gasteiger partial charge < -0.3 is 14.0 Å². The van der Waals surface area contributed by atoms with E-state index in [0.29, 0.717) is 28.4 Å².